The summed E-state index contributed by atoms with van der Waals surface area (Å²) in [5.41, 5.74) is 0. The molecule has 0 aromatic rings. The van der Waals surface area contributed by atoms with Crippen LogP contribution in [-0.2, 0) is 0 Å². The second-order valence-corrected chi connectivity index (χ2v) is 3.99. The minimum Gasteiger partial charge on any atom is -0.396 e. The summed E-state index contributed by atoms with van der Waals surface area (Å²) >= 11 is 0. The Balaban J connectivity index is 3.56. The molecule has 0 heterocycles. The summed E-state index contributed by atoms with van der Waals surface area (Å²) in [5, 5.41) is 8.71. The Bertz CT molecular complexity index is 129. The van der Waals surface area contributed by atoms with Crippen LogP contribution in [0, 0.1) is 11.8 Å². The molecule has 0 saturated heterocycles. The lowest BCUT2D eigenvalue weighted by Gasteiger charge is -2.06. The monoisotopic (exact) mass is 184 g/mol. The highest BCUT2D eigenvalue weighted by Gasteiger charge is 1.98. The average Bonchev–Trinajstić information content (AvgIpc) is 2.12. The third-order valence-corrected chi connectivity index (χ3v) is 2.37. The third-order valence-electron chi connectivity index (χ3n) is 2.37. The van der Waals surface area contributed by atoms with E-state index < -0.39 is 0 Å². The van der Waals surface area contributed by atoms with Crippen LogP contribution in [0.5, 0.6) is 0 Å². The van der Waals surface area contributed by atoms with Gasteiger partial charge >= 0.3 is 0 Å². The first-order valence-corrected chi connectivity index (χ1v) is 5.49. The van der Waals surface area contributed by atoms with Crippen molar-refractivity contribution in [2.75, 3.05) is 6.61 Å². The first-order chi connectivity index (χ1) is 6.20. The Morgan fingerprint density at radius 1 is 1.08 bits per heavy atom. The average molecular weight is 184 g/mol. The maximum absolute atomic E-state index is 8.71. The number of aliphatic hydroxyl groups excluding tert-OH is 1. The lowest BCUT2D eigenvalue weighted by molar-refractivity contribution is 0.274. The lowest BCUT2D eigenvalue weighted by atomic mass is 10.0. The molecule has 0 saturated carbocycles. The molecule has 13 heavy (non-hydrogen) atoms. The van der Waals surface area contributed by atoms with E-state index in [9.17, 15) is 0 Å². The van der Waals surface area contributed by atoms with Gasteiger partial charge in [-0.05, 0) is 24.7 Å². The van der Waals surface area contributed by atoms with E-state index in [-0.39, 0.29) is 0 Å². The normalized spacial score (nSPS) is 16.3. The number of rotatable bonds is 7. The van der Waals surface area contributed by atoms with Crippen LogP contribution >= 0.6 is 0 Å². The van der Waals surface area contributed by atoms with Crippen molar-refractivity contribution in [3.63, 3.8) is 0 Å². The molecule has 0 rings (SSSR count). The quantitative estimate of drug-likeness (QED) is 0.601. The van der Waals surface area contributed by atoms with Crippen LogP contribution in [0.25, 0.3) is 0 Å². The van der Waals surface area contributed by atoms with Crippen LogP contribution < -0.4 is 0 Å². The number of unbranched alkanes of at least 4 members (excludes halogenated alkanes) is 1. The fourth-order valence-corrected chi connectivity index (χ4v) is 1.30. The van der Waals surface area contributed by atoms with Crippen molar-refractivity contribution in [1.29, 1.82) is 0 Å². The van der Waals surface area contributed by atoms with Gasteiger partial charge in [-0.2, -0.15) is 0 Å². The molecule has 1 nitrogen and oxygen atoms in total. The zero-order valence-electron chi connectivity index (χ0n) is 9.29. The standard InChI is InChI=1S/C12H24O/c1-4-5-6-11(2)7-8-12(3)9-10-13/h7-8,11-13H,4-6,9-10H2,1-3H3. The topological polar surface area (TPSA) is 20.2 Å². The van der Waals surface area contributed by atoms with Crippen LogP contribution in [0.4, 0.5) is 0 Å². The first kappa shape index (κ1) is 12.7. The molecule has 0 bridgehead atoms. The summed E-state index contributed by atoms with van der Waals surface area (Å²) in [6, 6.07) is 0. The largest absolute Gasteiger partial charge is 0.396 e. The highest BCUT2D eigenvalue weighted by molar-refractivity contribution is 4.89. The first-order valence-electron chi connectivity index (χ1n) is 5.49. The molecular formula is C12H24O. The van der Waals surface area contributed by atoms with E-state index in [1.807, 2.05) is 0 Å². The van der Waals surface area contributed by atoms with Crippen molar-refractivity contribution in [3.8, 4) is 0 Å². The zero-order chi connectivity index (χ0) is 10.1. The Morgan fingerprint density at radius 2 is 1.62 bits per heavy atom. The fraction of sp³-hybridized carbons (Fsp3) is 0.833. The molecule has 78 valence electrons. The molecule has 0 aliphatic carbocycles. The third kappa shape index (κ3) is 8.04. The van der Waals surface area contributed by atoms with Gasteiger partial charge in [0, 0.05) is 6.61 Å². The van der Waals surface area contributed by atoms with E-state index in [2.05, 4.69) is 32.9 Å². The Kier molecular flexibility index (Phi) is 8.11. The van der Waals surface area contributed by atoms with Crippen molar-refractivity contribution >= 4 is 0 Å². The molecule has 0 aliphatic rings. The van der Waals surface area contributed by atoms with E-state index >= 15 is 0 Å². The van der Waals surface area contributed by atoms with Crippen molar-refractivity contribution < 1.29 is 5.11 Å². The van der Waals surface area contributed by atoms with Gasteiger partial charge in [0.05, 0.1) is 0 Å². The van der Waals surface area contributed by atoms with Gasteiger partial charge in [-0.25, -0.2) is 0 Å². The Morgan fingerprint density at radius 3 is 2.08 bits per heavy atom. The number of hydrogen-bond acceptors (Lipinski definition) is 1. The van der Waals surface area contributed by atoms with E-state index in [1.54, 1.807) is 0 Å². The van der Waals surface area contributed by atoms with Crippen LogP contribution in [-0.4, -0.2) is 11.7 Å². The molecule has 0 aromatic carbocycles. The smallest absolute Gasteiger partial charge is 0.0436 e. The molecule has 0 fully saturated rings. The summed E-state index contributed by atoms with van der Waals surface area (Å²) in [6.45, 7) is 6.94. The number of aliphatic hydroxyl groups is 1. The summed E-state index contributed by atoms with van der Waals surface area (Å²) in [4.78, 5) is 0. The van der Waals surface area contributed by atoms with Gasteiger partial charge in [0.25, 0.3) is 0 Å². The molecule has 0 aliphatic heterocycles. The summed E-state index contributed by atoms with van der Waals surface area (Å²) in [6.07, 6.45) is 9.30. The van der Waals surface area contributed by atoms with Gasteiger partial charge in [0.2, 0.25) is 0 Å². The van der Waals surface area contributed by atoms with Crippen LogP contribution in [0.1, 0.15) is 46.5 Å². The zero-order valence-corrected chi connectivity index (χ0v) is 9.29. The van der Waals surface area contributed by atoms with Gasteiger partial charge in [-0.3, -0.25) is 0 Å². The van der Waals surface area contributed by atoms with E-state index in [4.69, 9.17) is 5.11 Å². The SMILES string of the molecule is CCCCC(C)C=CC(C)CCO. The van der Waals surface area contributed by atoms with Gasteiger partial charge in [0.15, 0.2) is 0 Å². The molecule has 1 heteroatoms. The molecule has 1 N–H and O–H groups in total. The van der Waals surface area contributed by atoms with E-state index in [0.29, 0.717) is 18.4 Å². The molecule has 0 amide bonds. The summed E-state index contributed by atoms with van der Waals surface area (Å²) in [7, 11) is 0. The molecule has 2 atom stereocenters. The predicted octanol–water partition coefficient (Wildman–Crippen LogP) is 3.39. The molecule has 0 radical (unpaired) electrons. The maximum atomic E-state index is 8.71. The van der Waals surface area contributed by atoms with Crippen LogP contribution in [0.15, 0.2) is 12.2 Å². The molecule has 0 spiro atoms. The van der Waals surface area contributed by atoms with Crippen molar-refractivity contribution in [2.45, 2.75) is 46.5 Å². The molecular weight excluding hydrogens is 160 g/mol. The highest BCUT2D eigenvalue weighted by Crippen LogP contribution is 2.11. The minimum absolute atomic E-state index is 0.300. The fourth-order valence-electron chi connectivity index (χ4n) is 1.30. The molecule has 2 unspecified atom stereocenters. The van der Waals surface area contributed by atoms with Crippen molar-refractivity contribution in [3.05, 3.63) is 12.2 Å². The maximum Gasteiger partial charge on any atom is 0.0436 e. The van der Waals surface area contributed by atoms with E-state index in [0.717, 1.165) is 6.42 Å². The second kappa shape index (κ2) is 8.31. The molecule has 0 aromatic heterocycles. The van der Waals surface area contributed by atoms with Gasteiger partial charge in [0.1, 0.15) is 0 Å². The van der Waals surface area contributed by atoms with Gasteiger partial charge in [-0.15, -0.1) is 0 Å². The Hall–Kier alpha value is -0.300. The minimum atomic E-state index is 0.300. The van der Waals surface area contributed by atoms with Gasteiger partial charge in [-0.1, -0.05) is 45.8 Å². The van der Waals surface area contributed by atoms with Gasteiger partial charge < -0.3 is 5.11 Å². The number of allylic oxidation sites excluding steroid dienone is 2. The van der Waals surface area contributed by atoms with Crippen LogP contribution in [0.2, 0.25) is 0 Å². The summed E-state index contributed by atoms with van der Waals surface area (Å²) < 4.78 is 0. The highest BCUT2D eigenvalue weighted by atomic mass is 16.2. The second-order valence-electron chi connectivity index (χ2n) is 3.99. The lowest BCUT2D eigenvalue weighted by Crippen LogP contribution is -1.95. The number of hydrogen-bond donors (Lipinski definition) is 1. The van der Waals surface area contributed by atoms with Crippen molar-refractivity contribution in [2.24, 2.45) is 11.8 Å². The summed E-state index contributed by atoms with van der Waals surface area (Å²) in [5.74, 6) is 1.22. The Labute approximate surface area is 82.9 Å². The van der Waals surface area contributed by atoms with Crippen molar-refractivity contribution in [1.82, 2.24) is 0 Å². The van der Waals surface area contributed by atoms with E-state index in [1.165, 1.54) is 19.3 Å². The van der Waals surface area contributed by atoms with Crippen LogP contribution in [0.3, 0.4) is 0 Å². The predicted molar refractivity (Wildman–Crippen MR) is 58.7 cm³/mol.